The Hall–Kier alpha value is -0.860. The number of rotatable bonds is 4. The summed E-state index contributed by atoms with van der Waals surface area (Å²) < 4.78 is 0. The summed E-state index contributed by atoms with van der Waals surface area (Å²) >= 11 is 0. The monoisotopic (exact) mass is 190 g/mol. The minimum absolute atomic E-state index is 0.357. The van der Waals surface area contributed by atoms with Gasteiger partial charge >= 0.3 is 0 Å². The summed E-state index contributed by atoms with van der Waals surface area (Å²) in [7, 11) is 2.06. The van der Waals surface area contributed by atoms with Gasteiger partial charge in [-0.3, -0.25) is 0 Å². The van der Waals surface area contributed by atoms with Crippen LogP contribution in [0.4, 0.5) is 0 Å². The molecule has 2 nitrogen and oxygen atoms in total. The first-order valence-corrected chi connectivity index (χ1v) is 5.28. The summed E-state index contributed by atoms with van der Waals surface area (Å²) in [6, 6.07) is 10.7. The van der Waals surface area contributed by atoms with Crippen molar-refractivity contribution in [3.63, 3.8) is 0 Å². The second-order valence-corrected chi connectivity index (χ2v) is 4.12. The van der Waals surface area contributed by atoms with Crippen molar-refractivity contribution in [3.05, 3.63) is 35.9 Å². The standard InChI is InChI=1S/C12H18N2/c1-13-12(9-14-10-12)8-7-11-5-3-2-4-6-11/h2-6,13-14H,7-10H2,1H3. The van der Waals surface area contributed by atoms with Crippen LogP contribution in [0.3, 0.4) is 0 Å². The smallest absolute Gasteiger partial charge is 0.0433 e. The SMILES string of the molecule is CNC1(CCc2ccccc2)CNC1. The Morgan fingerprint density at radius 3 is 2.50 bits per heavy atom. The average molecular weight is 190 g/mol. The van der Waals surface area contributed by atoms with Gasteiger partial charge in [0.1, 0.15) is 0 Å². The fourth-order valence-corrected chi connectivity index (χ4v) is 1.93. The lowest BCUT2D eigenvalue weighted by atomic mass is 9.86. The molecule has 2 rings (SSSR count). The third-order valence-electron chi connectivity index (χ3n) is 3.19. The Morgan fingerprint density at radius 2 is 2.00 bits per heavy atom. The molecule has 1 fully saturated rings. The van der Waals surface area contributed by atoms with E-state index in [1.54, 1.807) is 0 Å². The maximum atomic E-state index is 3.42. The molecule has 76 valence electrons. The summed E-state index contributed by atoms with van der Waals surface area (Å²) in [5.41, 5.74) is 1.80. The Morgan fingerprint density at radius 1 is 1.29 bits per heavy atom. The Balaban J connectivity index is 1.88. The minimum atomic E-state index is 0.357. The van der Waals surface area contributed by atoms with Gasteiger partial charge in [-0.1, -0.05) is 30.3 Å². The van der Waals surface area contributed by atoms with Gasteiger partial charge in [-0.05, 0) is 25.5 Å². The van der Waals surface area contributed by atoms with Crippen molar-refractivity contribution < 1.29 is 0 Å². The molecule has 0 saturated carbocycles. The lowest BCUT2D eigenvalue weighted by Gasteiger charge is -2.42. The van der Waals surface area contributed by atoms with E-state index in [9.17, 15) is 0 Å². The molecule has 0 radical (unpaired) electrons. The van der Waals surface area contributed by atoms with E-state index in [2.05, 4.69) is 48.0 Å². The molecule has 1 saturated heterocycles. The van der Waals surface area contributed by atoms with E-state index in [1.807, 2.05) is 0 Å². The molecule has 1 aliphatic heterocycles. The summed E-state index contributed by atoms with van der Waals surface area (Å²) in [6.07, 6.45) is 2.39. The lowest BCUT2D eigenvalue weighted by molar-refractivity contribution is 0.214. The van der Waals surface area contributed by atoms with Crippen molar-refractivity contribution in [1.29, 1.82) is 0 Å². The van der Waals surface area contributed by atoms with E-state index in [4.69, 9.17) is 0 Å². The predicted octanol–water partition coefficient (Wildman–Crippen LogP) is 1.18. The highest BCUT2D eigenvalue weighted by Gasteiger charge is 2.34. The second-order valence-electron chi connectivity index (χ2n) is 4.12. The highest BCUT2D eigenvalue weighted by molar-refractivity contribution is 5.16. The fourth-order valence-electron chi connectivity index (χ4n) is 1.93. The van der Waals surface area contributed by atoms with Gasteiger partial charge in [-0.2, -0.15) is 0 Å². The van der Waals surface area contributed by atoms with Crippen LogP contribution in [0, 0.1) is 0 Å². The van der Waals surface area contributed by atoms with Crippen LogP contribution in [-0.2, 0) is 6.42 Å². The van der Waals surface area contributed by atoms with Crippen LogP contribution in [-0.4, -0.2) is 25.7 Å². The first-order chi connectivity index (χ1) is 6.85. The summed E-state index contributed by atoms with van der Waals surface area (Å²) in [4.78, 5) is 0. The van der Waals surface area contributed by atoms with Crippen LogP contribution in [0.2, 0.25) is 0 Å². The molecule has 1 aliphatic rings. The van der Waals surface area contributed by atoms with Gasteiger partial charge < -0.3 is 10.6 Å². The topological polar surface area (TPSA) is 24.1 Å². The van der Waals surface area contributed by atoms with Crippen molar-refractivity contribution in [1.82, 2.24) is 10.6 Å². The third-order valence-corrected chi connectivity index (χ3v) is 3.19. The molecule has 1 heterocycles. The molecule has 2 N–H and O–H groups in total. The average Bonchev–Trinajstić information content (AvgIpc) is 2.19. The molecule has 2 heteroatoms. The highest BCUT2D eigenvalue weighted by Crippen LogP contribution is 2.18. The summed E-state index contributed by atoms with van der Waals surface area (Å²) in [6.45, 7) is 2.21. The number of likely N-dealkylation sites (N-methyl/N-ethyl adjacent to an activating group) is 1. The van der Waals surface area contributed by atoms with Gasteiger partial charge in [0.2, 0.25) is 0 Å². The van der Waals surface area contributed by atoms with Crippen molar-refractivity contribution in [2.45, 2.75) is 18.4 Å². The Kier molecular flexibility index (Phi) is 2.85. The molecule has 1 aromatic rings. The first-order valence-electron chi connectivity index (χ1n) is 5.28. The largest absolute Gasteiger partial charge is 0.313 e. The zero-order valence-corrected chi connectivity index (χ0v) is 8.72. The maximum absolute atomic E-state index is 3.42. The highest BCUT2D eigenvalue weighted by atomic mass is 15.1. The molecular weight excluding hydrogens is 172 g/mol. The molecule has 0 aliphatic carbocycles. The number of aryl methyl sites for hydroxylation is 1. The number of hydrogen-bond acceptors (Lipinski definition) is 2. The second kappa shape index (κ2) is 4.11. The summed E-state index contributed by atoms with van der Waals surface area (Å²) in [5.74, 6) is 0. The van der Waals surface area contributed by atoms with Gasteiger partial charge in [0.25, 0.3) is 0 Å². The molecule has 0 unspecified atom stereocenters. The van der Waals surface area contributed by atoms with Gasteiger partial charge in [0.15, 0.2) is 0 Å². The van der Waals surface area contributed by atoms with E-state index < -0.39 is 0 Å². The number of hydrogen-bond donors (Lipinski definition) is 2. The van der Waals surface area contributed by atoms with Crippen LogP contribution in [0.15, 0.2) is 30.3 Å². The molecule has 0 spiro atoms. The normalized spacial score (nSPS) is 18.9. The fraction of sp³-hybridized carbons (Fsp3) is 0.500. The van der Waals surface area contributed by atoms with Crippen molar-refractivity contribution in [3.8, 4) is 0 Å². The van der Waals surface area contributed by atoms with Gasteiger partial charge in [0, 0.05) is 18.6 Å². The van der Waals surface area contributed by atoms with Crippen molar-refractivity contribution in [2.75, 3.05) is 20.1 Å². The molecule has 14 heavy (non-hydrogen) atoms. The number of nitrogens with one attached hydrogen (secondary N) is 2. The molecular formula is C12H18N2. The van der Waals surface area contributed by atoms with Crippen LogP contribution in [0.5, 0.6) is 0 Å². The molecule has 1 aromatic carbocycles. The van der Waals surface area contributed by atoms with E-state index >= 15 is 0 Å². The zero-order chi connectivity index (χ0) is 9.86. The number of benzene rings is 1. The molecule has 0 amide bonds. The zero-order valence-electron chi connectivity index (χ0n) is 8.72. The Labute approximate surface area is 85.7 Å². The van der Waals surface area contributed by atoms with E-state index in [-0.39, 0.29) is 0 Å². The van der Waals surface area contributed by atoms with E-state index in [0.29, 0.717) is 5.54 Å². The quantitative estimate of drug-likeness (QED) is 0.745. The molecule has 0 bridgehead atoms. The maximum Gasteiger partial charge on any atom is 0.0433 e. The van der Waals surface area contributed by atoms with E-state index in [1.165, 1.54) is 18.4 Å². The first kappa shape index (κ1) is 9.69. The van der Waals surface area contributed by atoms with E-state index in [0.717, 1.165) is 13.1 Å². The Bertz CT molecular complexity index is 272. The third kappa shape index (κ3) is 1.97. The van der Waals surface area contributed by atoms with Crippen LogP contribution < -0.4 is 10.6 Å². The van der Waals surface area contributed by atoms with Gasteiger partial charge in [-0.15, -0.1) is 0 Å². The molecule has 0 aromatic heterocycles. The summed E-state index contributed by atoms with van der Waals surface area (Å²) in [5, 5.41) is 6.75. The molecule has 0 atom stereocenters. The van der Waals surface area contributed by atoms with Gasteiger partial charge in [-0.25, -0.2) is 0 Å². The van der Waals surface area contributed by atoms with Crippen molar-refractivity contribution >= 4 is 0 Å². The predicted molar refractivity (Wildman–Crippen MR) is 59.4 cm³/mol. The van der Waals surface area contributed by atoms with Crippen LogP contribution >= 0.6 is 0 Å². The minimum Gasteiger partial charge on any atom is -0.313 e. The lowest BCUT2D eigenvalue weighted by Crippen LogP contribution is -2.66. The van der Waals surface area contributed by atoms with Gasteiger partial charge in [0.05, 0.1) is 0 Å². The van der Waals surface area contributed by atoms with Crippen LogP contribution in [0.1, 0.15) is 12.0 Å². The van der Waals surface area contributed by atoms with Crippen LogP contribution in [0.25, 0.3) is 0 Å². The van der Waals surface area contributed by atoms with Crippen molar-refractivity contribution in [2.24, 2.45) is 0 Å².